The van der Waals surface area contributed by atoms with Gasteiger partial charge in [0.05, 0.1) is 12.8 Å². The minimum absolute atomic E-state index is 0. The third kappa shape index (κ3) is 4.79. The number of H-pyrrole nitrogens is 1. The number of rotatable bonds is 6. The molecule has 1 aliphatic heterocycles. The third-order valence-electron chi connectivity index (χ3n) is 4.68. The molecule has 0 aliphatic carbocycles. The summed E-state index contributed by atoms with van der Waals surface area (Å²) in [6.07, 6.45) is 5.19. The van der Waals surface area contributed by atoms with Crippen LogP contribution in [0.4, 0.5) is 11.6 Å². The van der Waals surface area contributed by atoms with E-state index in [0.717, 1.165) is 42.9 Å². The molecule has 1 fully saturated rings. The zero-order chi connectivity index (χ0) is 20.1. The van der Waals surface area contributed by atoms with Crippen molar-refractivity contribution in [1.82, 2.24) is 25.5 Å². The van der Waals surface area contributed by atoms with Crippen molar-refractivity contribution >= 4 is 24.0 Å². The number of nitrogens with one attached hydrogen (secondary N) is 3. The van der Waals surface area contributed by atoms with Gasteiger partial charge in [-0.15, -0.1) is 12.4 Å². The number of aromatic nitrogens is 4. The number of methoxy groups -OCH3 is 1. The maximum absolute atomic E-state index is 9.14. The quantitative estimate of drug-likeness (QED) is 0.548. The van der Waals surface area contributed by atoms with Gasteiger partial charge in [-0.05, 0) is 38.1 Å². The van der Waals surface area contributed by atoms with Crippen LogP contribution in [0.25, 0.3) is 11.3 Å². The van der Waals surface area contributed by atoms with E-state index in [4.69, 9.17) is 14.7 Å². The Hall–Kier alpha value is -3.35. The van der Waals surface area contributed by atoms with E-state index in [1.165, 1.54) is 12.4 Å². The number of benzene rings is 1. The Morgan fingerprint density at radius 1 is 1.17 bits per heavy atom. The summed E-state index contributed by atoms with van der Waals surface area (Å²) in [4.78, 5) is 8.11. The lowest BCUT2D eigenvalue weighted by Crippen LogP contribution is -2.34. The second-order valence-corrected chi connectivity index (χ2v) is 6.59. The highest BCUT2D eigenvalue weighted by molar-refractivity contribution is 5.85. The molecule has 1 saturated heterocycles. The van der Waals surface area contributed by atoms with Gasteiger partial charge in [0.25, 0.3) is 0 Å². The normalized spacial score (nSPS) is 13.7. The fourth-order valence-electron chi connectivity index (χ4n) is 3.23. The van der Waals surface area contributed by atoms with Crippen molar-refractivity contribution in [3.8, 4) is 28.8 Å². The number of piperidine rings is 1. The molecule has 1 aliphatic rings. The van der Waals surface area contributed by atoms with Crippen LogP contribution in [-0.4, -0.2) is 46.5 Å². The Kier molecular flexibility index (Phi) is 7.06. The van der Waals surface area contributed by atoms with E-state index in [9.17, 15) is 0 Å². The van der Waals surface area contributed by atoms with Crippen LogP contribution in [-0.2, 0) is 0 Å². The number of aromatic amines is 1. The minimum atomic E-state index is 0. The molecule has 10 heteroatoms. The second kappa shape index (κ2) is 9.91. The predicted molar refractivity (Wildman–Crippen MR) is 114 cm³/mol. The summed E-state index contributed by atoms with van der Waals surface area (Å²) in [6.45, 7) is 1.95. The Balaban J connectivity index is 0.00000256. The highest BCUT2D eigenvalue weighted by Gasteiger charge is 2.17. The number of hydrogen-bond acceptors (Lipinski definition) is 8. The standard InChI is InChI=1S/C20H21N7O2.ClH/c1-28-18-10-14(29-13-4-6-22-7-5-13)2-3-15(18)16-11-19(27-26-16)25-20-17(12-21)23-8-9-24-20;/h2-3,8-11,13,22H,4-7H2,1H3,(H2,24,25,26,27);1H. The molecule has 4 rings (SSSR count). The molecule has 3 aromatic rings. The molecule has 156 valence electrons. The topological polar surface area (TPSA) is 121 Å². The Morgan fingerprint density at radius 3 is 2.73 bits per heavy atom. The molecule has 0 saturated carbocycles. The van der Waals surface area contributed by atoms with Crippen LogP contribution in [0.5, 0.6) is 11.5 Å². The van der Waals surface area contributed by atoms with Crippen LogP contribution in [0.3, 0.4) is 0 Å². The fourth-order valence-corrected chi connectivity index (χ4v) is 3.23. The van der Waals surface area contributed by atoms with E-state index >= 15 is 0 Å². The summed E-state index contributed by atoms with van der Waals surface area (Å²) in [5, 5.41) is 22.7. The van der Waals surface area contributed by atoms with Gasteiger partial charge in [-0.3, -0.25) is 5.10 Å². The van der Waals surface area contributed by atoms with Gasteiger partial charge in [0.15, 0.2) is 17.3 Å². The van der Waals surface area contributed by atoms with Crippen molar-refractivity contribution in [3.05, 3.63) is 42.4 Å². The van der Waals surface area contributed by atoms with Crippen LogP contribution in [0.15, 0.2) is 36.7 Å². The number of ether oxygens (including phenoxy) is 2. The van der Waals surface area contributed by atoms with Crippen molar-refractivity contribution in [2.24, 2.45) is 0 Å². The van der Waals surface area contributed by atoms with Gasteiger partial charge in [0.2, 0.25) is 0 Å². The second-order valence-electron chi connectivity index (χ2n) is 6.59. The van der Waals surface area contributed by atoms with Crippen molar-refractivity contribution < 1.29 is 9.47 Å². The summed E-state index contributed by atoms with van der Waals surface area (Å²) >= 11 is 0. The maximum atomic E-state index is 9.14. The molecule has 0 radical (unpaired) electrons. The van der Waals surface area contributed by atoms with Crippen LogP contribution in [0.2, 0.25) is 0 Å². The van der Waals surface area contributed by atoms with E-state index in [-0.39, 0.29) is 24.2 Å². The van der Waals surface area contributed by atoms with Gasteiger partial charge in [0.1, 0.15) is 23.7 Å². The number of nitrogens with zero attached hydrogens (tertiary/aromatic N) is 4. The van der Waals surface area contributed by atoms with E-state index < -0.39 is 0 Å². The number of nitriles is 1. The largest absolute Gasteiger partial charge is 0.496 e. The summed E-state index contributed by atoms with van der Waals surface area (Å²) in [5.41, 5.74) is 1.82. The highest BCUT2D eigenvalue weighted by Crippen LogP contribution is 2.34. The minimum Gasteiger partial charge on any atom is -0.496 e. The summed E-state index contributed by atoms with van der Waals surface area (Å²) in [5.74, 6) is 2.34. The van der Waals surface area contributed by atoms with Gasteiger partial charge in [0, 0.05) is 30.1 Å². The molecule has 0 spiro atoms. The molecule has 0 amide bonds. The third-order valence-corrected chi connectivity index (χ3v) is 4.68. The lowest BCUT2D eigenvalue weighted by Gasteiger charge is -2.24. The van der Waals surface area contributed by atoms with E-state index in [1.54, 1.807) is 7.11 Å². The van der Waals surface area contributed by atoms with Crippen LogP contribution >= 0.6 is 12.4 Å². The monoisotopic (exact) mass is 427 g/mol. The lowest BCUT2D eigenvalue weighted by molar-refractivity contribution is 0.162. The van der Waals surface area contributed by atoms with Gasteiger partial charge in [-0.25, -0.2) is 9.97 Å². The number of anilines is 2. The Morgan fingerprint density at radius 2 is 1.97 bits per heavy atom. The van der Waals surface area contributed by atoms with Crippen molar-refractivity contribution in [2.75, 3.05) is 25.5 Å². The molecule has 3 heterocycles. The average Bonchev–Trinajstić information content (AvgIpc) is 3.23. The molecule has 9 nitrogen and oxygen atoms in total. The van der Waals surface area contributed by atoms with E-state index in [0.29, 0.717) is 17.4 Å². The molecule has 0 atom stereocenters. The molecular weight excluding hydrogens is 406 g/mol. The van der Waals surface area contributed by atoms with Crippen molar-refractivity contribution in [2.45, 2.75) is 18.9 Å². The average molecular weight is 428 g/mol. The van der Waals surface area contributed by atoms with Gasteiger partial charge in [-0.1, -0.05) is 0 Å². The summed E-state index contributed by atoms with van der Waals surface area (Å²) < 4.78 is 11.7. The SMILES string of the molecule is COc1cc(OC2CCNCC2)ccc1-c1cc(Nc2nccnc2C#N)n[nH]1.Cl. The summed E-state index contributed by atoms with van der Waals surface area (Å²) in [6, 6.07) is 9.59. The van der Waals surface area contributed by atoms with Gasteiger partial charge < -0.3 is 20.1 Å². The first kappa shape index (κ1) is 21.4. The molecule has 0 unspecified atom stereocenters. The fraction of sp³-hybridized carbons (Fsp3) is 0.300. The zero-order valence-electron chi connectivity index (χ0n) is 16.4. The predicted octanol–water partition coefficient (Wildman–Crippen LogP) is 3.04. The highest BCUT2D eigenvalue weighted by atomic mass is 35.5. The molecule has 30 heavy (non-hydrogen) atoms. The zero-order valence-corrected chi connectivity index (χ0v) is 17.2. The van der Waals surface area contributed by atoms with E-state index in [1.807, 2.05) is 30.3 Å². The molecule has 1 aromatic carbocycles. The molecule has 0 bridgehead atoms. The van der Waals surface area contributed by atoms with Crippen LogP contribution in [0, 0.1) is 11.3 Å². The van der Waals surface area contributed by atoms with Crippen LogP contribution in [0.1, 0.15) is 18.5 Å². The smallest absolute Gasteiger partial charge is 0.183 e. The molecule has 3 N–H and O–H groups in total. The molecular formula is C20H22ClN7O2. The summed E-state index contributed by atoms with van der Waals surface area (Å²) in [7, 11) is 1.63. The van der Waals surface area contributed by atoms with Gasteiger partial charge in [-0.2, -0.15) is 10.4 Å². The Bertz CT molecular complexity index is 1030. The van der Waals surface area contributed by atoms with Gasteiger partial charge >= 0.3 is 0 Å². The lowest BCUT2D eigenvalue weighted by atomic mass is 10.1. The van der Waals surface area contributed by atoms with Crippen molar-refractivity contribution in [3.63, 3.8) is 0 Å². The number of halogens is 1. The van der Waals surface area contributed by atoms with Crippen molar-refractivity contribution in [1.29, 1.82) is 5.26 Å². The first-order chi connectivity index (χ1) is 14.3. The first-order valence-electron chi connectivity index (χ1n) is 9.36. The Labute approximate surface area is 180 Å². The first-order valence-corrected chi connectivity index (χ1v) is 9.36. The number of hydrogen-bond donors (Lipinski definition) is 3. The molecule has 2 aromatic heterocycles. The maximum Gasteiger partial charge on any atom is 0.183 e. The van der Waals surface area contributed by atoms with Crippen LogP contribution < -0.4 is 20.1 Å². The van der Waals surface area contributed by atoms with E-state index in [2.05, 4.69) is 30.8 Å².